The Morgan fingerprint density at radius 1 is 1.31 bits per heavy atom. The highest BCUT2D eigenvalue weighted by Gasteiger charge is 2.06. The number of hydrogen-bond acceptors (Lipinski definition) is 1. The Morgan fingerprint density at radius 3 is 2.54 bits per heavy atom. The number of rotatable bonds is 2. The van der Waals surface area contributed by atoms with Gasteiger partial charge in [-0.15, -0.1) is 0 Å². The van der Waals surface area contributed by atoms with Gasteiger partial charge >= 0.3 is 0 Å². The Balaban J connectivity index is 3.32. The molecule has 0 saturated heterocycles. The van der Waals surface area contributed by atoms with E-state index < -0.39 is 0 Å². The maximum absolute atomic E-state index is 11.8. The minimum atomic E-state index is 0.194. The molecule has 0 radical (unpaired) electrons. The maximum atomic E-state index is 11.8. The van der Waals surface area contributed by atoms with E-state index in [-0.39, 0.29) is 5.43 Å². The van der Waals surface area contributed by atoms with Crippen LogP contribution in [0.15, 0.2) is 29.1 Å². The zero-order valence-electron chi connectivity index (χ0n) is 8.50. The standard InChI is InChI=1S/C12H16O/c1-4-9(2)11-8-6-5-7-10(3)12(11)13/h5-9H,4H2,1-3H3/t9-/m0/s1. The summed E-state index contributed by atoms with van der Waals surface area (Å²) in [7, 11) is 0. The minimum absolute atomic E-state index is 0.194. The van der Waals surface area contributed by atoms with Crippen molar-refractivity contribution >= 4 is 0 Å². The summed E-state index contributed by atoms with van der Waals surface area (Å²) < 4.78 is 0. The highest BCUT2D eigenvalue weighted by molar-refractivity contribution is 5.23. The predicted molar refractivity (Wildman–Crippen MR) is 56.2 cm³/mol. The first-order valence-corrected chi connectivity index (χ1v) is 4.76. The van der Waals surface area contributed by atoms with Crippen LogP contribution in [-0.2, 0) is 0 Å². The van der Waals surface area contributed by atoms with Crippen LogP contribution >= 0.6 is 0 Å². The van der Waals surface area contributed by atoms with Crippen molar-refractivity contribution in [1.29, 1.82) is 0 Å². The van der Waals surface area contributed by atoms with Gasteiger partial charge in [0.05, 0.1) is 0 Å². The summed E-state index contributed by atoms with van der Waals surface area (Å²) in [4.78, 5) is 11.8. The van der Waals surface area contributed by atoms with Crippen molar-refractivity contribution in [2.75, 3.05) is 0 Å². The molecule has 1 aromatic rings. The van der Waals surface area contributed by atoms with Gasteiger partial charge in [0.2, 0.25) is 0 Å². The van der Waals surface area contributed by atoms with E-state index in [1.54, 1.807) is 0 Å². The van der Waals surface area contributed by atoms with Crippen molar-refractivity contribution in [2.24, 2.45) is 0 Å². The molecule has 0 aliphatic heterocycles. The molecule has 0 amide bonds. The molecule has 0 aromatic heterocycles. The van der Waals surface area contributed by atoms with Crippen LogP contribution in [-0.4, -0.2) is 0 Å². The summed E-state index contributed by atoms with van der Waals surface area (Å²) in [6.45, 7) is 6.07. The average molecular weight is 176 g/mol. The lowest BCUT2D eigenvalue weighted by molar-refractivity contribution is 0.728. The zero-order chi connectivity index (χ0) is 9.84. The summed E-state index contributed by atoms with van der Waals surface area (Å²) in [6.07, 6.45) is 1.01. The topological polar surface area (TPSA) is 17.1 Å². The summed E-state index contributed by atoms with van der Waals surface area (Å²) in [5.41, 5.74) is 1.96. The van der Waals surface area contributed by atoms with E-state index in [1.807, 2.05) is 31.2 Å². The van der Waals surface area contributed by atoms with Crippen LogP contribution < -0.4 is 5.43 Å². The first-order chi connectivity index (χ1) is 6.16. The molecule has 0 saturated carbocycles. The van der Waals surface area contributed by atoms with E-state index in [4.69, 9.17) is 0 Å². The van der Waals surface area contributed by atoms with E-state index in [0.717, 1.165) is 17.5 Å². The molecule has 0 N–H and O–H groups in total. The van der Waals surface area contributed by atoms with Crippen molar-refractivity contribution in [3.8, 4) is 0 Å². The largest absolute Gasteiger partial charge is 0.289 e. The lowest BCUT2D eigenvalue weighted by Gasteiger charge is -2.04. The van der Waals surface area contributed by atoms with Gasteiger partial charge in [-0.25, -0.2) is 0 Å². The fourth-order valence-electron chi connectivity index (χ4n) is 1.35. The first kappa shape index (κ1) is 9.97. The van der Waals surface area contributed by atoms with Crippen molar-refractivity contribution in [3.05, 3.63) is 45.6 Å². The van der Waals surface area contributed by atoms with Gasteiger partial charge in [-0.2, -0.15) is 0 Å². The summed E-state index contributed by atoms with van der Waals surface area (Å²) in [6, 6.07) is 7.66. The van der Waals surface area contributed by atoms with E-state index in [1.165, 1.54) is 0 Å². The smallest absolute Gasteiger partial charge is 0.184 e. The Morgan fingerprint density at radius 2 is 1.92 bits per heavy atom. The molecule has 0 unspecified atom stereocenters. The second kappa shape index (κ2) is 4.22. The predicted octanol–water partition coefficient (Wildman–Crippen LogP) is 2.87. The monoisotopic (exact) mass is 176 g/mol. The van der Waals surface area contributed by atoms with Gasteiger partial charge in [-0.3, -0.25) is 4.79 Å². The van der Waals surface area contributed by atoms with Crippen LogP contribution in [0.5, 0.6) is 0 Å². The van der Waals surface area contributed by atoms with Crippen molar-refractivity contribution in [1.82, 2.24) is 0 Å². The molecule has 13 heavy (non-hydrogen) atoms. The molecule has 1 atom stereocenters. The highest BCUT2D eigenvalue weighted by Crippen LogP contribution is 2.13. The number of hydrogen-bond donors (Lipinski definition) is 0. The third-order valence-corrected chi connectivity index (χ3v) is 2.50. The highest BCUT2D eigenvalue weighted by atomic mass is 16.1. The van der Waals surface area contributed by atoms with E-state index >= 15 is 0 Å². The Bertz CT molecular complexity index is 341. The van der Waals surface area contributed by atoms with E-state index in [9.17, 15) is 4.79 Å². The fraction of sp³-hybridized carbons (Fsp3) is 0.417. The summed E-state index contributed by atoms with van der Waals surface area (Å²) >= 11 is 0. The third-order valence-electron chi connectivity index (χ3n) is 2.50. The first-order valence-electron chi connectivity index (χ1n) is 4.76. The van der Waals surface area contributed by atoms with Crippen LogP contribution in [0.2, 0.25) is 0 Å². The molecule has 70 valence electrons. The second-order valence-corrected chi connectivity index (χ2v) is 3.50. The van der Waals surface area contributed by atoms with E-state index in [2.05, 4.69) is 13.8 Å². The number of aryl methyl sites for hydroxylation is 1. The molecule has 0 fully saturated rings. The van der Waals surface area contributed by atoms with Gasteiger partial charge in [0, 0.05) is 5.56 Å². The third kappa shape index (κ3) is 2.18. The molecule has 0 aliphatic rings. The van der Waals surface area contributed by atoms with Crippen LogP contribution in [0.4, 0.5) is 0 Å². The molecule has 1 rings (SSSR count). The molecule has 1 nitrogen and oxygen atoms in total. The van der Waals surface area contributed by atoms with E-state index in [0.29, 0.717) is 5.92 Å². The Labute approximate surface area is 79.4 Å². The second-order valence-electron chi connectivity index (χ2n) is 3.50. The molecular weight excluding hydrogens is 160 g/mol. The van der Waals surface area contributed by atoms with Gasteiger partial charge in [-0.1, -0.05) is 38.1 Å². The summed E-state index contributed by atoms with van der Waals surface area (Å²) in [5, 5.41) is 0. The molecule has 0 bridgehead atoms. The lowest BCUT2D eigenvalue weighted by atomic mass is 9.99. The molecule has 1 aromatic carbocycles. The normalized spacial score (nSPS) is 12.5. The molecule has 0 spiro atoms. The van der Waals surface area contributed by atoms with Crippen LogP contribution in [0, 0.1) is 6.92 Å². The molecule has 0 heterocycles. The molecular formula is C12H16O. The average Bonchev–Trinajstić information content (AvgIpc) is 2.29. The Kier molecular flexibility index (Phi) is 3.24. The molecule has 1 heteroatoms. The van der Waals surface area contributed by atoms with Crippen LogP contribution in [0.25, 0.3) is 0 Å². The lowest BCUT2D eigenvalue weighted by Crippen LogP contribution is -2.10. The SMILES string of the molecule is CC[C@H](C)c1ccccc(C)c1=O. The van der Waals surface area contributed by atoms with Crippen molar-refractivity contribution in [3.63, 3.8) is 0 Å². The fourth-order valence-corrected chi connectivity index (χ4v) is 1.35. The van der Waals surface area contributed by atoms with Crippen molar-refractivity contribution < 1.29 is 0 Å². The molecule has 0 aliphatic carbocycles. The van der Waals surface area contributed by atoms with Crippen LogP contribution in [0.1, 0.15) is 37.3 Å². The van der Waals surface area contributed by atoms with Gasteiger partial charge < -0.3 is 0 Å². The quantitative estimate of drug-likeness (QED) is 0.677. The van der Waals surface area contributed by atoms with Crippen LogP contribution in [0.3, 0.4) is 0 Å². The van der Waals surface area contributed by atoms with Crippen molar-refractivity contribution in [2.45, 2.75) is 33.1 Å². The van der Waals surface area contributed by atoms with Gasteiger partial charge in [-0.05, 0) is 24.8 Å². The van der Waals surface area contributed by atoms with Gasteiger partial charge in [0.15, 0.2) is 5.43 Å². The van der Waals surface area contributed by atoms with Gasteiger partial charge in [0.1, 0.15) is 0 Å². The minimum Gasteiger partial charge on any atom is -0.289 e. The van der Waals surface area contributed by atoms with Gasteiger partial charge in [0.25, 0.3) is 0 Å². The summed E-state index contributed by atoms with van der Waals surface area (Å²) in [5.74, 6) is 0.360. The Hall–Kier alpha value is -1.11. The zero-order valence-corrected chi connectivity index (χ0v) is 8.50. The maximum Gasteiger partial charge on any atom is 0.184 e.